The first-order chi connectivity index (χ1) is 8.13. The maximum Gasteiger partial charge on any atom is 0.236 e. The lowest BCUT2D eigenvalue weighted by Crippen LogP contribution is -2.45. The number of rotatable bonds is 6. The fourth-order valence-corrected chi connectivity index (χ4v) is 1.93. The normalized spacial score (nSPS) is 20.3. The lowest BCUT2D eigenvalue weighted by Gasteiger charge is -2.32. The van der Waals surface area contributed by atoms with Gasteiger partial charge in [-0.15, -0.1) is 0 Å². The van der Waals surface area contributed by atoms with Gasteiger partial charge in [-0.1, -0.05) is 0 Å². The van der Waals surface area contributed by atoms with Crippen LogP contribution in [-0.2, 0) is 14.3 Å². The summed E-state index contributed by atoms with van der Waals surface area (Å²) in [7, 11) is 0. The van der Waals surface area contributed by atoms with E-state index in [1.165, 1.54) is 0 Å². The molecule has 1 heterocycles. The highest BCUT2D eigenvalue weighted by molar-refractivity contribution is 5.78. The van der Waals surface area contributed by atoms with Crippen LogP contribution in [0.3, 0.4) is 0 Å². The molecule has 0 aromatic rings. The van der Waals surface area contributed by atoms with E-state index in [9.17, 15) is 9.59 Å². The number of piperidine rings is 1. The van der Waals surface area contributed by atoms with E-state index in [1.54, 1.807) is 4.90 Å². The molecule has 98 valence electrons. The molecule has 1 unspecified atom stereocenters. The zero-order chi connectivity index (χ0) is 12.7. The summed E-state index contributed by atoms with van der Waals surface area (Å²) in [5.41, 5.74) is 10.4. The summed E-state index contributed by atoms with van der Waals surface area (Å²) in [6.07, 6.45) is 2.93. The van der Waals surface area contributed by atoms with Gasteiger partial charge in [-0.3, -0.25) is 9.59 Å². The van der Waals surface area contributed by atoms with E-state index >= 15 is 0 Å². The van der Waals surface area contributed by atoms with Gasteiger partial charge in [-0.25, -0.2) is 0 Å². The highest BCUT2D eigenvalue weighted by atomic mass is 16.5. The van der Waals surface area contributed by atoms with Crippen molar-refractivity contribution in [2.24, 2.45) is 11.5 Å². The second kappa shape index (κ2) is 7.24. The average Bonchev–Trinajstić information content (AvgIpc) is 2.34. The smallest absolute Gasteiger partial charge is 0.236 e. The van der Waals surface area contributed by atoms with Gasteiger partial charge in [-0.2, -0.15) is 0 Å². The van der Waals surface area contributed by atoms with Crippen molar-refractivity contribution in [3.63, 3.8) is 0 Å². The maximum atomic E-state index is 11.4. The summed E-state index contributed by atoms with van der Waals surface area (Å²) in [5, 5.41) is 0. The van der Waals surface area contributed by atoms with Gasteiger partial charge < -0.3 is 21.1 Å². The first kappa shape index (κ1) is 13.9. The predicted octanol–water partition coefficient (Wildman–Crippen LogP) is -0.782. The Bertz CT molecular complexity index is 271. The van der Waals surface area contributed by atoms with Gasteiger partial charge in [0.05, 0.1) is 12.6 Å². The third kappa shape index (κ3) is 5.14. The zero-order valence-electron chi connectivity index (χ0n) is 10.1. The third-order valence-corrected chi connectivity index (χ3v) is 2.83. The number of ether oxygens (including phenoxy) is 1. The molecule has 0 saturated carbocycles. The van der Waals surface area contributed by atoms with Crippen molar-refractivity contribution in [3.05, 3.63) is 0 Å². The highest BCUT2D eigenvalue weighted by Gasteiger charge is 2.22. The molecule has 0 aliphatic carbocycles. The summed E-state index contributed by atoms with van der Waals surface area (Å²) in [4.78, 5) is 23.7. The van der Waals surface area contributed by atoms with Crippen molar-refractivity contribution in [2.75, 3.05) is 26.2 Å². The standard InChI is InChI=1S/C11H21N3O3/c12-7-11(16)14-5-1-3-9(8-14)17-6-2-4-10(13)15/h9H,1-8,12H2,(H2,13,15). The van der Waals surface area contributed by atoms with Crippen LogP contribution in [0.4, 0.5) is 0 Å². The molecule has 1 saturated heterocycles. The van der Waals surface area contributed by atoms with Gasteiger partial charge in [0.15, 0.2) is 0 Å². The molecule has 1 rings (SSSR count). The van der Waals surface area contributed by atoms with Gasteiger partial charge in [0.25, 0.3) is 0 Å². The molecule has 1 atom stereocenters. The summed E-state index contributed by atoms with van der Waals surface area (Å²) in [5.74, 6) is -0.340. The van der Waals surface area contributed by atoms with Crippen LogP contribution in [0.2, 0.25) is 0 Å². The van der Waals surface area contributed by atoms with Gasteiger partial charge in [0, 0.05) is 26.1 Å². The molecule has 4 N–H and O–H groups in total. The Kier molecular flexibility index (Phi) is 5.93. The number of hydrogen-bond acceptors (Lipinski definition) is 4. The average molecular weight is 243 g/mol. The Hall–Kier alpha value is -1.14. The van der Waals surface area contributed by atoms with Gasteiger partial charge in [0.1, 0.15) is 0 Å². The molecular weight excluding hydrogens is 222 g/mol. The number of nitrogens with two attached hydrogens (primary N) is 2. The maximum absolute atomic E-state index is 11.4. The molecule has 0 aromatic heterocycles. The SMILES string of the molecule is NCC(=O)N1CCCC(OCCCC(N)=O)C1. The molecule has 17 heavy (non-hydrogen) atoms. The first-order valence-corrected chi connectivity index (χ1v) is 6.01. The minimum atomic E-state index is -0.308. The van der Waals surface area contributed by atoms with E-state index < -0.39 is 0 Å². The van der Waals surface area contributed by atoms with E-state index in [4.69, 9.17) is 16.2 Å². The van der Waals surface area contributed by atoms with Crippen LogP contribution in [0.5, 0.6) is 0 Å². The monoisotopic (exact) mass is 243 g/mol. The van der Waals surface area contributed by atoms with Crippen LogP contribution in [0.25, 0.3) is 0 Å². The summed E-state index contributed by atoms with van der Waals surface area (Å²) in [6, 6.07) is 0. The van der Waals surface area contributed by atoms with Crippen molar-refractivity contribution >= 4 is 11.8 Å². The molecule has 0 radical (unpaired) electrons. The molecular formula is C11H21N3O3. The number of nitrogens with zero attached hydrogens (tertiary/aromatic N) is 1. The quantitative estimate of drug-likeness (QED) is 0.598. The Morgan fingerprint density at radius 2 is 2.18 bits per heavy atom. The summed E-state index contributed by atoms with van der Waals surface area (Å²) < 4.78 is 5.62. The number of carbonyl (C=O) groups excluding carboxylic acids is 2. The number of hydrogen-bond donors (Lipinski definition) is 2. The Morgan fingerprint density at radius 1 is 1.41 bits per heavy atom. The molecule has 1 aliphatic rings. The second-order valence-corrected chi connectivity index (χ2v) is 4.25. The van der Waals surface area contributed by atoms with E-state index in [2.05, 4.69) is 0 Å². The minimum absolute atomic E-state index is 0.0320. The molecule has 2 amide bonds. The van der Waals surface area contributed by atoms with Crippen LogP contribution >= 0.6 is 0 Å². The lowest BCUT2D eigenvalue weighted by molar-refractivity contribution is -0.133. The van der Waals surface area contributed by atoms with Crippen molar-refractivity contribution in [3.8, 4) is 0 Å². The van der Waals surface area contributed by atoms with E-state index in [1.807, 2.05) is 0 Å². The van der Waals surface area contributed by atoms with Crippen LogP contribution < -0.4 is 11.5 Å². The Labute approximate surface area is 101 Å². The van der Waals surface area contributed by atoms with Crippen LogP contribution in [-0.4, -0.2) is 49.1 Å². The van der Waals surface area contributed by atoms with Crippen LogP contribution in [0.1, 0.15) is 25.7 Å². The number of carbonyl (C=O) groups is 2. The molecule has 1 fully saturated rings. The molecule has 1 aliphatic heterocycles. The fraction of sp³-hybridized carbons (Fsp3) is 0.818. The number of primary amides is 1. The van der Waals surface area contributed by atoms with Crippen LogP contribution in [0, 0.1) is 0 Å². The third-order valence-electron chi connectivity index (χ3n) is 2.83. The fourth-order valence-electron chi connectivity index (χ4n) is 1.93. The highest BCUT2D eigenvalue weighted by Crippen LogP contribution is 2.13. The Morgan fingerprint density at radius 3 is 2.82 bits per heavy atom. The topological polar surface area (TPSA) is 98.7 Å². The lowest BCUT2D eigenvalue weighted by atomic mass is 10.1. The van der Waals surface area contributed by atoms with Gasteiger partial charge >= 0.3 is 0 Å². The van der Waals surface area contributed by atoms with Crippen molar-refractivity contribution in [1.29, 1.82) is 0 Å². The predicted molar refractivity (Wildman–Crippen MR) is 63.0 cm³/mol. The van der Waals surface area contributed by atoms with E-state index in [-0.39, 0.29) is 24.5 Å². The molecule has 0 spiro atoms. The van der Waals surface area contributed by atoms with Crippen molar-refractivity contribution < 1.29 is 14.3 Å². The largest absolute Gasteiger partial charge is 0.376 e. The van der Waals surface area contributed by atoms with Crippen molar-refractivity contribution in [1.82, 2.24) is 4.90 Å². The minimum Gasteiger partial charge on any atom is -0.376 e. The Balaban J connectivity index is 2.20. The van der Waals surface area contributed by atoms with Gasteiger partial charge in [0.2, 0.25) is 11.8 Å². The van der Waals surface area contributed by atoms with E-state index in [0.717, 1.165) is 19.4 Å². The van der Waals surface area contributed by atoms with Crippen LogP contribution in [0.15, 0.2) is 0 Å². The molecule has 0 aromatic carbocycles. The molecule has 6 nitrogen and oxygen atoms in total. The number of amides is 2. The second-order valence-electron chi connectivity index (χ2n) is 4.25. The van der Waals surface area contributed by atoms with E-state index in [0.29, 0.717) is 26.0 Å². The summed E-state index contributed by atoms with van der Waals surface area (Å²) >= 11 is 0. The zero-order valence-corrected chi connectivity index (χ0v) is 10.1. The van der Waals surface area contributed by atoms with Gasteiger partial charge in [-0.05, 0) is 19.3 Å². The summed E-state index contributed by atoms with van der Waals surface area (Å²) in [6.45, 7) is 1.93. The van der Waals surface area contributed by atoms with Crippen molar-refractivity contribution in [2.45, 2.75) is 31.8 Å². The number of likely N-dealkylation sites (tertiary alicyclic amines) is 1. The first-order valence-electron chi connectivity index (χ1n) is 6.01. The molecule has 6 heteroatoms. The molecule has 0 bridgehead atoms.